The average Bonchev–Trinajstić information content (AvgIpc) is 2.72. The molecule has 1 aliphatic rings. The fraction of sp³-hybridized carbons (Fsp3) is 0.462. The van der Waals surface area contributed by atoms with Gasteiger partial charge >= 0.3 is 0 Å². The third-order valence-electron chi connectivity index (χ3n) is 3.49. The van der Waals surface area contributed by atoms with Gasteiger partial charge in [0.2, 0.25) is 0 Å². The van der Waals surface area contributed by atoms with Crippen LogP contribution in [0.3, 0.4) is 0 Å². The Kier molecular flexibility index (Phi) is 2.73. The highest BCUT2D eigenvalue weighted by atomic mass is 15.2. The normalized spacial score (nSPS) is 18.5. The molecule has 3 rings (SSSR count). The quantitative estimate of drug-likeness (QED) is 0.810. The second-order valence-electron chi connectivity index (χ2n) is 4.72. The second kappa shape index (κ2) is 4.37. The van der Waals surface area contributed by atoms with E-state index in [0.717, 1.165) is 30.7 Å². The van der Waals surface area contributed by atoms with Gasteiger partial charge in [-0.1, -0.05) is 6.07 Å². The van der Waals surface area contributed by atoms with E-state index < -0.39 is 0 Å². The van der Waals surface area contributed by atoms with Crippen LogP contribution in [0.25, 0.3) is 11.0 Å². The Morgan fingerprint density at radius 2 is 2.12 bits per heavy atom. The maximum Gasteiger partial charge on any atom is 0.112 e. The lowest BCUT2D eigenvalue weighted by Crippen LogP contribution is -2.28. The summed E-state index contributed by atoms with van der Waals surface area (Å²) in [5, 5.41) is 0. The number of benzene rings is 1. The van der Waals surface area contributed by atoms with E-state index in [2.05, 4.69) is 45.0 Å². The van der Waals surface area contributed by atoms with E-state index in [1.807, 2.05) is 0 Å². The highest BCUT2D eigenvalue weighted by Crippen LogP contribution is 2.24. The van der Waals surface area contributed by atoms with E-state index >= 15 is 0 Å². The first-order valence-corrected chi connectivity index (χ1v) is 6.20. The van der Waals surface area contributed by atoms with Crippen LogP contribution in [-0.2, 0) is 0 Å². The molecule has 4 heteroatoms. The molecule has 1 aliphatic heterocycles. The summed E-state index contributed by atoms with van der Waals surface area (Å²) < 4.78 is 0. The summed E-state index contributed by atoms with van der Waals surface area (Å²) in [5.74, 6) is 0. The number of hydrogen-bond acceptors (Lipinski definition) is 3. The largest absolute Gasteiger partial charge is 0.368 e. The number of nitrogens with one attached hydrogen (secondary N) is 1. The molecule has 1 N–H and O–H groups in total. The Hall–Kier alpha value is -1.55. The van der Waals surface area contributed by atoms with E-state index in [-0.39, 0.29) is 0 Å². The van der Waals surface area contributed by atoms with Crippen LogP contribution in [0.1, 0.15) is 6.42 Å². The van der Waals surface area contributed by atoms with Gasteiger partial charge in [-0.15, -0.1) is 0 Å². The summed E-state index contributed by atoms with van der Waals surface area (Å²) in [7, 11) is 2.19. The first-order valence-electron chi connectivity index (χ1n) is 6.20. The zero-order chi connectivity index (χ0) is 11.7. The minimum absolute atomic E-state index is 1.09. The number of hydrogen-bond donors (Lipinski definition) is 1. The number of aromatic amines is 1. The van der Waals surface area contributed by atoms with E-state index in [9.17, 15) is 0 Å². The molecule has 90 valence electrons. The summed E-state index contributed by atoms with van der Waals surface area (Å²) in [4.78, 5) is 12.5. The fourth-order valence-corrected chi connectivity index (χ4v) is 2.49. The SMILES string of the molecule is CN1CCCN(c2cccc3[nH]cnc23)CC1. The highest BCUT2D eigenvalue weighted by molar-refractivity contribution is 5.88. The van der Waals surface area contributed by atoms with Crippen molar-refractivity contribution in [1.29, 1.82) is 0 Å². The van der Waals surface area contributed by atoms with E-state index in [1.54, 1.807) is 6.33 Å². The monoisotopic (exact) mass is 230 g/mol. The van der Waals surface area contributed by atoms with Gasteiger partial charge in [-0.25, -0.2) is 4.98 Å². The van der Waals surface area contributed by atoms with Crippen molar-refractivity contribution in [1.82, 2.24) is 14.9 Å². The lowest BCUT2D eigenvalue weighted by Gasteiger charge is -2.23. The molecule has 1 saturated heterocycles. The van der Waals surface area contributed by atoms with Gasteiger partial charge in [-0.2, -0.15) is 0 Å². The van der Waals surface area contributed by atoms with E-state index in [1.165, 1.54) is 18.7 Å². The van der Waals surface area contributed by atoms with Crippen molar-refractivity contribution in [2.45, 2.75) is 6.42 Å². The fourth-order valence-electron chi connectivity index (χ4n) is 2.49. The van der Waals surface area contributed by atoms with Crippen molar-refractivity contribution in [2.75, 3.05) is 38.1 Å². The molecular formula is C13H18N4. The number of para-hydroxylation sites is 1. The molecule has 17 heavy (non-hydrogen) atoms. The van der Waals surface area contributed by atoms with Crippen LogP contribution in [0.2, 0.25) is 0 Å². The minimum atomic E-state index is 1.09. The minimum Gasteiger partial charge on any atom is -0.368 e. The van der Waals surface area contributed by atoms with Crippen LogP contribution in [0.15, 0.2) is 24.5 Å². The van der Waals surface area contributed by atoms with Gasteiger partial charge in [0.15, 0.2) is 0 Å². The first-order chi connectivity index (χ1) is 8.34. The summed E-state index contributed by atoms with van der Waals surface area (Å²) >= 11 is 0. The molecule has 0 radical (unpaired) electrons. The van der Waals surface area contributed by atoms with Crippen LogP contribution >= 0.6 is 0 Å². The number of H-pyrrole nitrogens is 1. The van der Waals surface area contributed by atoms with Gasteiger partial charge in [0, 0.05) is 19.6 Å². The summed E-state index contributed by atoms with van der Waals surface area (Å²) in [6, 6.07) is 6.36. The smallest absolute Gasteiger partial charge is 0.112 e. The molecule has 2 heterocycles. The molecule has 0 atom stereocenters. The van der Waals surface area contributed by atoms with Crippen molar-refractivity contribution in [2.24, 2.45) is 0 Å². The van der Waals surface area contributed by atoms with Crippen LogP contribution in [0.5, 0.6) is 0 Å². The van der Waals surface area contributed by atoms with Gasteiger partial charge in [0.05, 0.1) is 17.5 Å². The molecule has 0 saturated carbocycles. The Morgan fingerprint density at radius 3 is 3.06 bits per heavy atom. The molecule has 0 amide bonds. The Labute approximate surface area is 101 Å². The molecule has 0 bridgehead atoms. The van der Waals surface area contributed by atoms with Crippen LogP contribution in [0, 0.1) is 0 Å². The highest BCUT2D eigenvalue weighted by Gasteiger charge is 2.15. The summed E-state index contributed by atoms with van der Waals surface area (Å²) in [6.45, 7) is 4.52. The first kappa shape index (κ1) is 10.6. The van der Waals surface area contributed by atoms with Gasteiger partial charge in [-0.3, -0.25) is 0 Å². The predicted molar refractivity (Wildman–Crippen MR) is 70.4 cm³/mol. The number of anilines is 1. The van der Waals surface area contributed by atoms with Crippen molar-refractivity contribution in [3.8, 4) is 0 Å². The molecule has 0 aliphatic carbocycles. The lowest BCUT2D eigenvalue weighted by atomic mass is 10.2. The van der Waals surface area contributed by atoms with Gasteiger partial charge in [0.25, 0.3) is 0 Å². The third kappa shape index (κ3) is 2.00. The second-order valence-corrected chi connectivity index (χ2v) is 4.72. The number of rotatable bonds is 1. The van der Waals surface area contributed by atoms with Gasteiger partial charge in [0.1, 0.15) is 5.52 Å². The zero-order valence-electron chi connectivity index (χ0n) is 10.2. The van der Waals surface area contributed by atoms with Crippen molar-refractivity contribution in [3.63, 3.8) is 0 Å². The van der Waals surface area contributed by atoms with Crippen molar-refractivity contribution < 1.29 is 0 Å². The van der Waals surface area contributed by atoms with Crippen molar-refractivity contribution in [3.05, 3.63) is 24.5 Å². The predicted octanol–water partition coefficient (Wildman–Crippen LogP) is 1.70. The molecular weight excluding hydrogens is 212 g/mol. The molecule has 2 aromatic rings. The molecule has 4 nitrogen and oxygen atoms in total. The maximum atomic E-state index is 4.43. The lowest BCUT2D eigenvalue weighted by molar-refractivity contribution is 0.360. The Balaban J connectivity index is 1.94. The molecule has 1 aromatic heterocycles. The molecule has 0 spiro atoms. The van der Waals surface area contributed by atoms with Gasteiger partial charge in [-0.05, 0) is 32.1 Å². The van der Waals surface area contributed by atoms with E-state index in [0.29, 0.717) is 0 Å². The molecule has 1 aromatic carbocycles. The summed E-state index contributed by atoms with van der Waals surface area (Å²) in [5.41, 5.74) is 3.48. The Morgan fingerprint density at radius 1 is 1.18 bits per heavy atom. The number of nitrogens with zero attached hydrogens (tertiary/aromatic N) is 3. The summed E-state index contributed by atoms with van der Waals surface area (Å²) in [6.07, 6.45) is 3.00. The topological polar surface area (TPSA) is 35.2 Å². The number of fused-ring (bicyclic) bond motifs is 1. The molecule has 1 fully saturated rings. The Bertz CT molecular complexity index is 505. The maximum absolute atomic E-state index is 4.43. The number of imidazole rings is 1. The number of aromatic nitrogens is 2. The van der Waals surface area contributed by atoms with Gasteiger partial charge < -0.3 is 14.8 Å². The van der Waals surface area contributed by atoms with Crippen LogP contribution in [-0.4, -0.2) is 48.1 Å². The standard InChI is InChI=1S/C13H18N4/c1-16-6-3-7-17(9-8-16)12-5-2-4-11-13(12)15-10-14-11/h2,4-5,10H,3,6-9H2,1H3,(H,14,15). The van der Waals surface area contributed by atoms with Crippen LogP contribution < -0.4 is 4.90 Å². The third-order valence-corrected chi connectivity index (χ3v) is 3.49. The van der Waals surface area contributed by atoms with Crippen molar-refractivity contribution >= 4 is 16.7 Å². The molecule has 0 unspecified atom stereocenters. The average molecular weight is 230 g/mol. The zero-order valence-corrected chi connectivity index (χ0v) is 10.2. The van der Waals surface area contributed by atoms with E-state index in [4.69, 9.17) is 0 Å². The van der Waals surface area contributed by atoms with Crippen LogP contribution in [0.4, 0.5) is 5.69 Å². The number of likely N-dealkylation sites (N-methyl/N-ethyl adjacent to an activating group) is 1.